The number of hydrogen-bond donors (Lipinski definition) is 3. The van der Waals surface area contributed by atoms with Crippen molar-refractivity contribution < 1.29 is 9.59 Å². The number of carbonyl (C=O) groups is 2. The van der Waals surface area contributed by atoms with Crippen molar-refractivity contribution >= 4 is 29.9 Å². The van der Waals surface area contributed by atoms with Crippen molar-refractivity contribution in [3.63, 3.8) is 0 Å². The van der Waals surface area contributed by atoms with E-state index in [1.807, 2.05) is 13.8 Å². The van der Waals surface area contributed by atoms with Gasteiger partial charge in [0.2, 0.25) is 5.91 Å². The molecular formula is C15H22N4O2. The first kappa shape index (κ1) is 16.8. The van der Waals surface area contributed by atoms with Crippen LogP contribution in [0.15, 0.2) is 23.2 Å². The molecular weight excluding hydrogens is 268 g/mol. The number of amides is 1. The summed E-state index contributed by atoms with van der Waals surface area (Å²) in [5, 5.41) is 5.63. The summed E-state index contributed by atoms with van der Waals surface area (Å²) in [6.07, 6.45) is 2.83. The maximum absolute atomic E-state index is 12.0. The van der Waals surface area contributed by atoms with Gasteiger partial charge < -0.3 is 16.4 Å². The Morgan fingerprint density at radius 3 is 2.71 bits per heavy atom. The summed E-state index contributed by atoms with van der Waals surface area (Å²) >= 11 is 0. The smallest absolute Gasteiger partial charge is 0.241 e. The van der Waals surface area contributed by atoms with Crippen molar-refractivity contribution in [3.05, 3.63) is 23.8 Å². The van der Waals surface area contributed by atoms with Gasteiger partial charge in [-0.25, -0.2) is 0 Å². The maximum atomic E-state index is 12.0. The highest BCUT2D eigenvalue weighted by atomic mass is 16.2. The largest absolute Gasteiger partial charge is 0.346 e. The SMILES string of the molecule is CN=CNc1cc(NC(=O)C(N)CC(C)C)ccc1C=O. The third-order valence-electron chi connectivity index (χ3n) is 2.86. The van der Waals surface area contributed by atoms with Gasteiger partial charge in [0.1, 0.15) is 0 Å². The fourth-order valence-corrected chi connectivity index (χ4v) is 1.85. The first-order chi connectivity index (χ1) is 9.97. The van der Waals surface area contributed by atoms with E-state index >= 15 is 0 Å². The van der Waals surface area contributed by atoms with E-state index in [0.717, 1.165) is 6.29 Å². The van der Waals surface area contributed by atoms with Gasteiger partial charge in [0, 0.05) is 18.3 Å². The van der Waals surface area contributed by atoms with Crippen LogP contribution in [0, 0.1) is 5.92 Å². The van der Waals surface area contributed by atoms with E-state index in [4.69, 9.17) is 5.73 Å². The molecule has 21 heavy (non-hydrogen) atoms. The lowest BCUT2D eigenvalue weighted by Gasteiger charge is -2.15. The lowest BCUT2D eigenvalue weighted by atomic mass is 10.0. The number of aliphatic imine (C=N–C) groups is 1. The van der Waals surface area contributed by atoms with Gasteiger partial charge in [0.25, 0.3) is 0 Å². The Balaban J connectivity index is 2.84. The van der Waals surface area contributed by atoms with Crippen LogP contribution >= 0.6 is 0 Å². The molecule has 0 aliphatic heterocycles. The minimum atomic E-state index is -0.552. The van der Waals surface area contributed by atoms with Crippen LogP contribution in [-0.2, 0) is 4.79 Å². The van der Waals surface area contributed by atoms with Crippen LogP contribution in [0.2, 0.25) is 0 Å². The minimum Gasteiger partial charge on any atom is -0.346 e. The van der Waals surface area contributed by atoms with Gasteiger partial charge in [0.05, 0.1) is 18.1 Å². The molecule has 0 heterocycles. The molecule has 1 atom stereocenters. The molecule has 114 valence electrons. The van der Waals surface area contributed by atoms with E-state index in [1.165, 1.54) is 6.34 Å². The van der Waals surface area contributed by atoms with Gasteiger partial charge in [-0.1, -0.05) is 13.8 Å². The number of nitrogens with two attached hydrogens (primary N) is 1. The quantitative estimate of drug-likeness (QED) is 0.406. The second-order valence-electron chi connectivity index (χ2n) is 5.18. The number of rotatable bonds is 7. The van der Waals surface area contributed by atoms with Crippen LogP contribution in [0.4, 0.5) is 11.4 Å². The van der Waals surface area contributed by atoms with Gasteiger partial charge in [-0.15, -0.1) is 0 Å². The Labute approximate surface area is 124 Å². The molecule has 0 aliphatic carbocycles. The average Bonchev–Trinajstić information content (AvgIpc) is 2.44. The first-order valence-electron chi connectivity index (χ1n) is 6.80. The predicted octanol–water partition coefficient (Wildman–Crippen LogP) is 1.88. The lowest BCUT2D eigenvalue weighted by molar-refractivity contribution is -0.117. The molecule has 1 amide bonds. The van der Waals surface area contributed by atoms with Gasteiger partial charge in [-0.3, -0.25) is 14.6 Å². The summed E-state index contributed by atoms with van der Waals surface area (Å²) in [6, 6.07) is 4.41. The summed E-state index contributed by atoms with van der Waals surface area (Å²) in [5.74, 6) is 0.110. The highest BCUT2D eigenvalue weighted by molar-refractivity contribution is 5.97. The summed E-state index contributed by atoms with van der Waals surface area (Å²) in [5.41, 5.74) is 7.48. The van der Waals surface area contributed by atoms with Crippen molar-refractivity contribution in [1.82, 2.24) is 0 Å². The molecule has 4 N–H and O–H groups in total. The van der Waals surface area contributed by atoms with Crippen molar-refractivity contribution in [1.29, 1.82) is 0 Å². The molecule has 0 fully saturated rings. The number of nitrogens with zero attached hydrogens (tertiary/aromatic N) is 1. The molecule has 0 bridgehead atoms. The highest BCUT2D eigenvalue weighted by Crippen LogP contribution is 2.19. The van der Waals surface area contributed by atoms with Crippen molar-refractivity contribution in [3.8, 4) is 0 Å². The molecule has 0 saturated heterocycles. The molecule has 0 aromatic heterocycles. The standard InChI is InChI=1S/C15H22N4O2/c1-10(2)6-13(16)15(21)19-12-5-4-11(8-20)14(7-12)18-9-17-3/h4-5,7-10,13H,6,16H2,1-3H3,(H,17,18)(H,19,21). The molecule has 6 nitrogen and oxygen atoms in total. The zero-order valence-corrected chi connectivity index (χ0v) is 12.6. The number of carbonyl (C=O) groups excluding carboxylic acids is 2. The zero-order chi connectivity index (χ0) is 15.8. The maximum Gasteiger partial charge on any atom is 0.241 e. The summed E-state index contributed by atoms with van der Waals surface area (Å²) in [6.45, 7) is 4.02. The monoisotopic (exact) mass is 290 g/mol. The molecule has 1 unspecified atom stereocenters. The minimum absolute atomic E-state index is 0.238. The number of anilines is 2. The second-order valence-corrected chi connectivity index (χ2v) is 5.18. The third kappa shape index (κ3) is 5.35. The zero-order valence-electron chi connectivity index (χ0n) is 12.6. The van der Waals surface area contributed by atoms with Crippen molar-refractivity contribution in [2.24, 2.45) is 16.6 Å². The van der Waals surface area contributed by atoms with Crippen molar-refractivity contribution in [2.75, 3.05) is 17.7 Å². The number of nitrogens with one attached hydrogen (secondary N) is 2. The molecule has 1 rings (SSSR count). The van der Waals surface area contributed by atoms with E-state index in [1.54, 1.807) is 25.2 Å². The fraction of sp³-hybridized carbons (Fsp3) is 0.400. The van der Waals surface area contributed by atoms with Crippen LogP contribution in [0.3, 0.4) is 0 Å². The topological polar surface area (TPSA) is 96.6 Å². The van der Waals surface area contributed by atoms with E-state index in [2.05, 4.69) is 15.6 Å². The molecule has 0 aliphatic rings. The highest BCUT2D eigenvalue weighted by Gasteiger charge is 2.15. The van der Waals surface area contributed by atoms with Crippen LogP contribution in [0.25, 0.3) is 0 Å². The Bertz CT molecular complexity index is 526. The normalized spacial score (nSPS) is 12.4. The Morgan fingerprint density at radius 2 is 2.14 bits per heavy atom. The summed E-state index contributed by atoms with van der Waals surface area (Å²) < 4.78 is 0. The van der Waals surface area contributed by atoms with Crippen LogP contribution in [-0.4, -0.2) is 31.6 Å². The van der Waals surface area contributed by atoms with E-state index in [-0.39, 0.29) is 5.91 Å². The lowest BCUT2D eigenvalue weighted by Crippen LogP contribution is -2.36. The van der Waals surface area contributed by atoms with Gasteiger partial charge in [-0.05, 0) is 30.5 Å². The Morgan fingerprint density at radius 1 is 1.43 bits per heavy atom. The summed E-state index contributed by atoms with van der Waals surface area (Å²) in [4.78, 5) is 26.7. The number of aldehydes is 1. The van der Waals surface area contributed by atoms with Crippen LogP contribution in [0.5, 0.6) is 0 Å². The molecule has 6 heteroatoms. The Hall–Kier alpha value is -2.21. The molecule has 0 spiro atoms. The summed E-state index contributed by atoms with van der Waals surface area (Å²) in [7, 11) is 1.62. The van der Waals surface area contributed by atoms with E-state index in [0.29, 0.717) is 29.3 Å². The van der Waals surface area contributed by atoms with E-state index < -0.39 is 6.04 Å². The fourth-order valence-electron chi connectivity index (χ4n) is 1.85. The number of hydrogen-bond acceptors (Lipinski definition) is 4. The van der Waals surface area contributed by atoms with Gasteiger partial charge in [-0.2, -0.15) is 0 Å². The predicted molar refractivity (Wildman–Crippen MR) is 85.9 cm³/mol. The molecule has 1 aromatic rings. The average molecular weight is 290 g/mol. The third-order valence-corrected chi connectivity index (χ3v) is 2.86. The van der Waals surface area contributed by atoms with Gasteiger partial charge in [0.15, 0.2) is 6.29 Å². The molecule has 1 aromatic carbocycles. The van der Waals surface area contributed by atoms with E-state index in [9.17, 15) is 9.59 Å². The van der Waals surface area contributed by atoms with Crippen LogP contribution < -0.4 is 16.4 Å². The molecule has 0 saturated carbocycles. The first-order valence-corrected chi connectivity index (χ1v) is 6.80. The van der Waals surface area contributed by atoms with Crippen LogP contribution in [0.1, 0.15) is 30.6 Å². The Kier molecular flexibility index (Phi) is 6.55. The molecule has 0 radical (unpaired) electrons. The number of benzene rings is 1. The van der Waals surface area contributed by atoms with Crippen molar-refractivity contribution in [2.45, 2.75) is 26.3 Å². The second kappa shape index (κ2) is 8.16. The van der Waals surface area contributed by atoms with Gasteiger partial charge >= 0.3 is 0 Å².